The van der Waals surface area contributed by atoms with Gasteiger partial charge in [0.25, 0.3) is 0 Å². The maximum absolute atomic E-state index is 12.5. The van der Waals surface area contributed by atoms with E-state index < -0.39 is 0 Å². The van der Waals surface area contributed by atoms with E-state index in [1.807, 2.05) is 38.6 Å². The first-order valence-electron chi connectivity index (χ1n) is 14.8. The van der Waals surface area contributed by atoms with Crippen LogP contribution in [-0.2, 0) is 14.1 Å². The number of imidazole rings is 1. The van der Waals surface area contributed by atoms with Gasteiger partial charge in [-0.25, -0.2) is 4.79 Å². The molecule has 0 aliphatic heterocycles. The molecule has 44 heavy (non-hydrogen) atoms. The molecule has 2 heterocycles. The minimum Gasteiger partial charge on any atom is -0.295 e. The monoisotopic (exact) mass is 567 g/mol. The van der Waals surface area contributed by atoms with Gasteiger partial charge in [0.2, 0.25) is 0 Å². The Morgan fingerprint density at radius 1 is 0.455 bits per heavy atom. The van der Waals surface area contributed by atoms with Gasteiger partial charge in [-0.2, -0.15) is 0 Å². The largest absolute Gasteiger partial charge is 0.328 e. The third-order valence-corrected chi connectivity index (χ3v) is 8.86. The fraction of sp³-hybridized carbons (Fsp3) is 0.0500. The lowest BCUT2D eigenvalue weighted by Gasteiger charge is -2.19. The molecule has 0 N–H and O–H groups in total. The van der Waals surface area contributed by atoms with E-state index in [-0.39, 0.29) is 5.69 Å². The van der Waals surface area contributed by atoms with Crippen molar-refractivity contribution >= 4 is 32.6 Å². The van der Waals surface area contributed by atoms with E-state index in [2.05, 4.69) is 120 Å². The van der Waals surface area contributed by atoms with Gasteiger partial charge < -0.3 is 0 Å². The standard InChI is InChI=1S/C40H29N3O/c1-42-36-21-19-30(24-37(36)43(2)40(42)44)26-14-16-28(17-15-26)39-33-13-7-6-12-32(33)38(27-9-4-3-5-10-27)34-20-18-29(23-35(34)39)31-11-8-22-41-25-31/h3-25H,1-2H3. The predicted octanol–water partition coefficient (Wildman–Crippen LogP) is 9.25. The lowest BCUT2D eigenvalue weighted by atomic mass is 9.84. The van der Waals surface area contributed by atoms with Crippen molar-refractivity contribution in [2.45, 2.75) is 0 Å². The molecule has 0 radical (unpaired) electrons. The summed E-state index contributed by atoms with van der Waals surface area (Å²) in [7, 11) is 3.64. The first-order valence-corrected chi connectivity index (χ1v) is 14.8. The Kier molecular flexibility index (Phi) is 6.02. The molecule has 0 saturated heterocycles. The van der Waals surface area contributed by atoms with Crippen LogP contribution in [0.3, 0.4) is 0 Å². The molecule has 0 saturated carbocycles. The number of aromatic nitrogens is 3. The number of benzene rings is 6. The van der Waals surface area contributed by atoms with Crippen LogP contribution in [0.5, 0.6) is 0 Å². The maximum atomic E-state index is 12.5. The van der Waals surface area contributed by atoms with Crippen molar-refractivity contribution in [3.05, 3.63) is 150 Å². The van der Waals surface area contributed by atoms with Crippen LogP contribution < -0.4 is 5.69 Å². The molecule has 8 aromatic rings. The number of aryl methyl sites for hydroxylation is 2. The highest BCUT2D eigenvalue weighted by Crippen LogP contribution is 2.45. The molecule has 8 rings (SSSR count). The van der Waals surface area contributed by atoms with Crippen molar-refractivity contribution in [3.63, 3.8) is 0 Å². The summed E-state index contributed by atoms with van der Waals surface area (Å²) >= 11 is 0. The van der Waals surface area contributed by atoms with Crippen molar-refractivity contribution in [2.75, 3.05) is 0 Å². The zero-order valence-corrected chi connectivity index (χ0v) is 24.5. The minimum atomic E-state index is -0.0177. The Morgan fingerprint density at radius 2 is 1.00 bits per heavy atom. The number of nitrogens with zero attached hydrogens (tertiary/aromatic N) is 3. The zero-order chi connectivity index (χ0) is 29.8. The topological polar surface area (TPSA) is 39.8 Å². The molecular weight excluding hydrogens is 538 g/mol. The zero-order valence-electron chi connectivity index (χ0n) is 24.5. The first kappa shape index (κ1) is 25.9. The molecule has 0 aliphatic carbocycles. The van der Waals surface area contributed by atoms with E-state index in [9.17, 15) is 4.79 Å². The van der Waals surface area contributed by atoms with Crippen molar-refractivity contribution in [1.29, 1.82) is 0 Å². The molecule has 0 amide bonds. The van der Waals surface area contributed by atoms with Gasteiger partial charge in [-0.05, 0) is 84.8 Å². The average Bonchev–Trinajstić information content (AvgIpc) is 3.30. The van der Waals surface area contributed by atoms with Gasteiger partial charge in [0.05, 0.1) is 11.0 Å². The van der Waals surface area contributed by atoms with E-state index in [1.54, 1.807) is 9.13 Å². The summed E-state index contributed by atoms with van der Waals surface area (Å²) in [4.78, 5) is 16.9. The highest BCUT2D eigenvalue weighted by Gasteiger charge is 2.18. The Bertz CT molecular complexity index is 2400. The minimum absolute atomic E-state index is 0.0177. The van der Waals surface area contributed by atoms with Crippen LogP contribution in [0.2, 0.25) is 0 Å². The van der Waals surface area contributed by atoms with Crippen molar-refractivity contribution in [3.8, 4) is 44.5 Å². The highest BCUT2D eigenvalue weighted by atomic mass is 16.1. The average molecular weight is 568 g/mol. The molecule has 0 aliphatic rings. The van der Waals surface area contributed by atoms with Crippen LogP contribution in [0.4, 0.5) is 0 Å². The molecule has 4 nitrogen and oxygen atoms in total. The number of pyridine rings is 1. The Hall–Kier alpha value is -5.74. The van der Waals surface area contributed by atoms with Gasteiger partial charge in [-0.3, -0.25) is 14.1 Å². The van der Waals surface area contributed by atoms with Gasteiger partial charge >= 0.3 is 5.69 Å². The Morgan fingerprint density at radius 3 is 1.73 bits per heavy atom. The van der Waals surface area contributed by atoms with Crippen LogP contribution in [-0.4, -0.2) is 14.1 Å². The summed E-state index contributed by atoms with van der Waals surface area (Å²) < 4.78 is 3.40. The molecule has 0 fully saturated rings. The smallest absolute Gasteiger partial charge is 0.295 e. The van der Waals surface area contributed by atoms with Crippen LogP contribution in [0.25, 0.3) is 77.1 Å². The number of hydrogen-bond donors (Lipinski definition) is 0. The summed E-state index contributed by atoms with van der Waals surface area (Å²) in [6.45, 7) is 0. The van der Waals surface area contributed by atoms with Crippen LogP contribution in [0.15, 0.2) is 145 Å². The predicted molar refractivity (Wildman–Crippen MR) is 183 cm³/mol. The maximum Gasteiger partial charge on any atom is 0.328 e. The summed E-state index contributed by atoms with van der Waals surface area (Å²) in [6.07, 6.45) is 3.74. The molecule has 6 aromatic carbocycles. The number of fused-ring (bicyclic) bond motifs is 3. The SMILES string of the molecule is Cn1c(=O)n(C)c2cc(-c3ccc(-c4c5ccccc5c(-c5ccccc5)c5ccc(-c6cccnc6)cc45)cc3)ccc21. The lowest BCUT2D eigenvalue weighted by molar-refractivity contribution is 0.795. The second kappa shape index (κ2) is 10.2. The molecule has 210 valence electrons. The molecule has 4 heteroatoms. The highest BCUT2D eigenvalue weighted by molar-refractivity contribution is 6.22. The van der Waals surface area contributed by atoms with Gasteiger partial charge in [-0.1, -0.05) is 103 Å². The van der Waals surface area contributed by atoms with E-state index >= 15 is 0 Å². The summed E-state index contributed by atoms with van der Waals surface area (Å²) in [5.41, 5.74) is 11.1. The molecule has 2 aromatic heterocycles. The van der Waals surface area contributed by atoms with Crippen molar-refractivity contribution < 1.29 is 0 Å². The molecule has 0 atom stereocenters. The van der Waals surface area contributed by atoms with E-state index in [0.29, 0.717) is 0 Å². The van der Waals surface area contributed by atoms with E-state index in [0.717, 1.165) is 38.9 Å². The third kappa shape index (κ3) is 4.07. The van der Waals surface area contributed by atoms with Gasteiger partial charge in [0.1, 0.15) is 0 Å². The molecule has 0 unspecified atom stereocenters. The fourth-order valence-electron chi connectivity index (χ4n) is 6.63. The summed E-state index contributed by atoms with van der Waals surface area (Å²) in [5.74, 6) is 0. The van der Waals surface area contributed by atoms with Crippen LogP contribution in [0.1, 0.15) is 0 Å². The lowest BCUT2D eigenvalue weighted by Crippen LogP contribution is -2.19. The van der Waals surface area contributed by atoms with Crippen LogP contribution in [0, 0.1) is 0 Å². The van der Waals surface area contributed by atoms with E-state index in [1.165, 1.54) is 38.2 Å². The quantitative estimate of drug-likeness (QED) is 0.199. The second-order valence-corrected chi connectivity index (χ2v) is 11.3. The van der Waals surface area contributed by atoms with Gasteiger partial charge in [0.15, 0.2) is 0 Å². The summed E-state index contributed by atoms with van der Waals surface area (Å²) in [5, 5.41) is 4.87. The molecule has 0 spiro atoms. The van der Waals surface area contributed by atoms with Gasteiger partial charge in [-0.15, -0.1) is 0 Å². The van der Waals surface area contributed by atoms with Crippen molar-refractivity contribution in [2.24, 2.45) is 14.1 Å². The van der Waals surface area contributed by atoms with Crippen LogP contribution >= 0.6 is 0 Å². The van der Waals surface area contributed by atoms with Gasteiger partial charge in [0, 0.05) is 32.1 Å². The fourth-order valence-corrected chi connectivity index (χ4v) is 6.63. The number of rotatable bonds is 4. The van der Waals surface area contributed by atoms with E-state index in [4.69, 9.17) is 0 Å². The number of hydrogen-bond acceptors (Lipinski definition) is 2. The van der Waals surface area contributed by atoms with Crippen molar-refractivity contribution in [1.82, 2.24) is 14.1 Å². The molecule has 0 bridgehead atoms. The molecular formula is C40H29N3O. The summed E-state index contributed by atoms with van der Waals surface area (Å²) in [6, 6.07) is 45.4. The second-order valence-electron chi connectivity index (χ2n) is 11.3. The normalized spacial score (nSPS) is 11.5. The Labute approximate surface area is 255 Å². The third-order valence-electron chi connectivity index (χ3n) is 8.86. The Balaban J connectivity index is 1.37. The first-order chi connectivity index (χ1) is 21.6.